The zero-order chi connectivity index (χ0) is 18.6. The highest BCUT2D eigenvalue weighted by Gasteiger charge is 2.30. The molecule has 0 fully saturated rings. The molecule has 25 heavy (non-hydrogen) atoms. The van der Waals surface area contributed by atoms with E-state index in [4.69, 9.17) is 0 Å². The van der Waals surface area contributed by atoms with E-state index in [9.17, 15) is 23.3 Å². The van der Waals surface area contributed by atoms with Crippen LogP contribution in [0.3, 0.4) is 0 Å². The topological polar surface area (TPSA) is 110 Å². The van der Waals surface area contributed by atoms with Gasteiger partial charge in [0.15, 0.2) is 4.90 Å². The molecule has 2 rings (SSSR count). The highest BCUT2D eigenvalue weighted by molar-refractivity contribution is 7.89. The molecule has 0 bridgehead atoms. The van der Waals surface area contributed by atoms with Gasteiger partial charge in [0.1, 0.15) is 0 Å². The number of amides is 1. The van der Waals surface area contributed by atoms with Crippen LogP contribution in [0.2, 0.25) is 0 Å². The second-order valence-electron chi connectivity index (χ2n) is 5.40. The van der Waals surface area contributed by atoms with Crippen molar-refractivity contribution in [1.29, 1.82) is 0 Å². The van der Waals surface area contributed by atoms with Gasteiger partial charge in [-0.15, -0.1) is 0 Å². The van der Waals surface area contributed by atoms with Gasteiger partial charge in [0.05, 0.1) is 11.5 Å². The number of nitrogens with zero attached hydrogens (tertiary/aromatic N) is 2. The van der Waals surface area contributed by atoms with Crippen molar-refractivity contribution in [2.75, 3.05) is 18.9 Å². The quantitative estimate of drug-likeness (QED) is 0.625. The van der Waals surface area contributed by atoms with Crippen LogP contribution in [0, 0.1) is 17.0 Å². The molecule has 0 saturated carbocycles. The van der Waals surface area contributed by atoms with E-state index in [1.54, 1.807) is 12.1 Å². The first-order valence-corrected chi connectivity index (χ1v) is 8.72. The number of carbonyl (C=O) groups excluding carboxylic acids is 1. The van der Waals surface area contributed by atoms with Gasteiger partial charge < -0.3 is 5.32 Å². The molecule has 2 aromatic rings. The molecule has 8 nitrogen and oxygen atoms in total. The largest absolute Gasteiger partial charge is 0.325 e. The first kappa shape index (κ1) is 18.6. The summed E-state index contributed by atoms with van der Waals surface area (Å²) in [6.45, 7) is 1.43. The van der Waals surface area contributed by atoms with Crippen LogP contribution in [0.15, 0.2) is 53.4 Å². The van der Waals surface area contributed by atoms with Gasteiger partial charge in [0.25, 0.3) is 5.69 Å². The minimum atomic E-state index is -4.18. The molecule has 0 heterocycles. The van der Waals surface area contributed by atoms with E-state index in [1.807, 2.05) is 19.1 Å². The molecule has 1 N–H and O–H groups in total. The lowest BCUT2D eigenvalue weighted by molar-refractivity contribution is -0.387. The molecule has 0 spiro atoms. The maximum Gasteiger partial charge on any atom is 0.289 e. The van der Waals surface area contributed by atoms with Gasteiger partial charge in [-0.1, -0.05) is 29.8 Å². The Kier molecular flexibility index (Phi) is 5.50. The van der Waals surface area contributed by atoms with E-state index in [0.29, 0.717) is 5.69 Å². The summed E-state index contributed by atoms with van der Waals surface area (Å²) >= 11 is 0. The first-order chi connectivity index (χ1) is 11.7. The van der Waals surface area contributed by atoms with E-state index in [2.05, 4.69) is 5.32 Å². The van der Waals surface area contributed by atoms with Crippen LogP contribution in [0.1, 0.15) is 5.56 Å². The third-order valence-corrected chi connectivity index (χ3v) is 5.30. The van der Waals surface area contributed by atoms with Crippen molar-refractivity contribution >= 4 is 27.3 Å². The van der Waals surface area contributed by atoms with Gasteiger partial charge in [0.2, 0.25) is 15.9 Å². The van der Waals surface area contributed by atoms with Crippen LogP contribution in [0.5, 0.6) is 0 Å². The summed E-state index contributed by atoms with van der Waals surface area (Å²) < 4.78 is 25.8. The van der Waals surface area contributed by atoms with E-state index in [0.717, 1.165) is 22.0 Å². The molecule has 0 saturated heterocycles. The molecular formula is C16H17N3O5S. The van der Waals surface area contributed by atoms with Crippen LogP contribution in [0.4, 0.5) is 11.4 Å². The Balaban J connectivity index is 2.16. The van der Waals surface area contributed by atoms with Gasteiger partial charge in [0, 0.05) is 18.8 Å². The number of nitrogens with one attached hydrogen (secondary N) is 1. The van der Waals surface area contributed by atoms with Crippen LogP contribution in [-0.4, -0.2) is 37.1 Å². The first-order valence-electron chi connectivity index (χ1n) is 7.28. The maximum absolute atomic E-state index is 12.5. The van der Waals surface area contributed by atoms with Crippen LogP contribution < -0.4 is 5.32 Å². The number of benzene rings is 2. The lowest BCUT2D eigenvalue weighted by Gasteiger charge is -2.17. The Hall–Kier alpha value is -2.78. The lowest BCUT2D eigenvalue weighted by atomic mass is 10.2. The Morgan fingerprint density at radius 2 is 1.76 bits per heavy atom. The number of nitro groups is 1. The third kappa shape index (κ3) is 4.40. The summed E-state index contributed by atoms with van der Waals surface area (Å²) in [5.41, 5.74) is 1.02. The van der Waals surface area contributed by atoms with E-state index < -0.39 is 38.0 Å². The Morgan fingerprint density at radius 1 is 1.16 bits per heavy atom. The maximum atomic E-state index is 12.5. The van der Waals surface area contributed by atoms with E-state index in [-0.39, 0.29) is 0 Å². The molecular weight excluding hydrogens is 346 g/mol. The highest BCUT2D eigenvalue weighted by atomic mass is 32.2. The second kappa shape index (κ2) is 7.41. The van der Waals surface area contributed by atoms with Gasteiger partial charge >= 0.3 is 0 Å². The van der Waals surface area contributed by atoms with E-state index in [1.165, 1.54) is 19.2 Å². The van der Waals surface area contributed by atoms with Gasteiger partial charge in [-0.3, -0.25) is 14.9 Å². The van der Waals surface area contributed by atoms with Crippen molar-refractivity contribution in [2.24, 2.45) is 0 Å². The van der Waals surface area contributed by atoms with Crippen LogP contribution in [0.25, 0.3) is 0 Å². The number of sulfonamides is 1. The standard InChI is InChI=1S/C16H17N3O5S/c1-12-7-9-13(10-8-12)17-16(20)11-18(2)25(23,24)15-6-4-3-5-14(15)19(21)22/h3-10H,11H2,1-2H3,(H,17,20). The van der Waals surface area contributed by atoms with Crippen molar-refractivity contribution in [3.63, 3.8) is 0 Å². The minimum Gasteiger partial charge on any atom is -0.325 e. The van der Waals surface area contributed by atoms with Crippen molar-refractivity contribution in [3.05, 3.63) is 64.2 Å². The fourth-order valence-electron chi connectivity index (χ4n) is 2.12. The minimum absolute atomic E-state index is 0.453. The Bertz CT molecular complexity index is 894. The van der Waals surface area contributed by atoms with Crippen molar-refractivity contribution in [2.45, 2.75) is 11.8 Å². The lowest BCUT2D eigenvalue weighted by Crippen LogP contribution is -2.35. The zero-order valence-electron chi connectivity index (χ0n) is 13.7. The number of para-hydroxylation sites is 1. The highest BCUT2D eigenvalue weighted by Crippen LogP contribution is 2.25. The summed E-state index contributed by atoms with van der Waals surface area (Å²) in [6.07, 6.45) is 0. The summed E-state index contributed by atoms with van der Waals surface area (Å²) in [5.74, 6) is -0.548. The summed E-state index contributed by atoms with van der Waals surface area (Å²) in [7, 11) is -2.98. The fourth-order valence-corrected chi connectivity index (χ4v) is 3.40. The van der Waals surface area contributed by atoms with Crippen molar-refractivity contribution in [1.82, 2.24) is 4.31 Å². The molecule has 0 unspecified atom stereocenters. The predicted octanol–water partition coefficient (Wildman–Crippen LogP) is 2.16. The molecule has 0 aromatic heterocycles. The molecule has 9 heteroatoms. The number of hydrogen-bond donors (Lipinski definition) is 1. The smallest absolute Gasteiger partial charge is 0.289 e. The SMILES string of the molecule is Cc1ccc(NC(=O)CN(C)S(=O)(=O)c2ccccc2[N+](=O)[O-])cc1. The van der Waals surface area contributed by atoms with Gasteiger partial charge in [-0.05, 0) is 25.1 Å². The van der Waals surface area contributed by atoms with Crippen LogP contribution >= 0.6 is 0 Å². The zero-order valence-corrected chi connectivity index (χ0v) is 14.5. The molecule has 0 atom stereocenters. The molecule has 0 aliphatic rings. The van der Waals surface area contributed by atoms with Gasteiger partial charge in [-0.25, -0.2) is 8.42 Å². The molecule has 0 aliphatic heterocycles. The number of nitro benzene ring substituents is 1. The molecule has 0 aliphatic carbocycles. The number of anilines is 1. The second-order valence-corrected chi connectivity index (χ2v) is 7.41. The summed E-state index contributed by atoms with van der Waals surface area (Å²) in [5, 5.41) is 13.6. The van der Waals surface area contributed by atoms with Crippen molar-refractivity contribution < 1.29 is 18.1 Å². The number of rotatable bonds is 6. The molecule has 1 amide bonds. The average molecular weight is 363 g/mol. The molecule has 2 aromatic carbocycles. The fraction of sp³-hybridized carbons (Fsp3) is 0.188. The van der Waals surface area contributed by atoms with Crippen LogP contribution in [-0.2, 0) is 14.8 Å². The number of likely N-dealkylation sites (N-methyl/N-ethyl adjacent to an activating group) is 1. The Morgan fingerprint density at radius 3 is 2.36 bits per heavy atom. The number of carbonyl (C=O) groups is 1. The summed E-state index contributed by atoms with van der Waals surface area (Å²) in [6, 6.07) is 12.0. The Labute approximate surface area is 145 Å². The normalized spacial score (nSPS) is 11.3. The molecule has 0 radical (unpaired) electrons. The van der Waals surface area contributed by atoms with Crippen molar-refractivity contribution in [3.8, 4) is 0 Å². The molecule has 132 valence electrons. The summed E-state index contributed by atoms with van der Waals surface area (Å²) in [4.78, 5) is 21.9. The third-order valence-electron chi connectivity index (χ3n) is 3.45. The predicted molar refractivity (Wildman–Crippen MR) is 92.7 cm³/mol. The average Bonchev–Trinajstić information content (AvgIpc) is 2.56. The van der Waals surface area contributed by atoms with E-state index >= 15 is 0 Å². The number of hydrogen-bond acceptors (Lipinski definition) is 5. The van der Waals surface area contributed by atoms with Gasteiger partial charge in [-0.2, -0.15) is 4.31 Å². The monoisotopic (exact) mass is 363 g/mol. The number of aryl methyl sites for hydroxylation is 1.